The van der Waals surface area contributed by atoms with E-state index in [4.69, 9.17) is 0 Å². The van der Waals surface area contributed by atoms with Crippen LogP contribution in [0.3, 0.4) is 0 Å². The third-order valence-corrected chi connectivity index (χ3v) is 7.49. The number of carbonyl (C=O) groups excluding carboxylic acids is 2. The number of amides is 2. The number of nitrogens with zero attached hydrogens (tertiary/aromatic N) is 2. The molecule has 0 radical (unpaired) electrons. The van der Waals surface area contributed by atoms with Crippen LogP contribution in [0.4, 0.5) is 14.6 Å². The normalized spacial score (nSPS) is 21.6. The minimum Gasteiger partial charge on any atom is -0.480 e. The molecule has 2 amide bonds. The Labute approximate surface area is 209 Å². The monoisotopic (exact) mass is 507 g/mol. The number of aliphatic carboxylic acids is 1. The van der Waals surface area contributed by atoms with Crippen molar-refractivity contribution in [2.75, 3.05) is 31.5 Å². The Morgan fingerprint density at radius 1 is 1.17 bits per heavy atom. The van der Waals surface area contributed by atoms with Gasteiger partial charge in [0.15, 0.2) is 0 Å². The highest BCUT2D eigenvalue weighted by Crippen LogP contribution is 2.36. The van der Waals surface area contributed by atoms with Crippen molar-refractivity contribution < 1.29 is 28.3 Å². The molecule has 9 nitrogen and oxygen atoms in total. The van der Waals surface area contributed by atoms with Gasteiger partial charge in [-0.25, -0.2) is 18.6 Å². The number of pyridine rings is 1. The first-order chi connectivity index (χ1) is 17.2. The fraction of sp³-hybridized carbons (Fsp3) is 0.680. The van der Waals surface area contributed by atoms with E-state index in [-0.39, 0.29) is 44.1 Å². The van der Waals surface area contributed by atoms with Crippen LogP contribution in [0.5, 0.6) is 0 Å². The summed E-state index contributed by atoms with van der Waals surface area (Å²) in [5.74, 6) is -4.29. The van der Waals surface area contributed by atoms with Crippen molar-refractivity contribution in [3.8, 4) is 0 Å². The number of aryl methyl sites for hydroxylation is 1. The van der Waals surface area contributed by atoms with E-state index in [2.05, 4.69) is 25.8 Å². The summed E-state index contributed by atoms with van der Waals surface area (Å²) in [6.45, 7) is 2.73. The van der Waals surface area contributed by atoms with Crippen molar-refractivity contribution in [2.24, 2.45) is 5.92 Å². The number of carboxylic acid groups (broad SMARTS) is 1. The van der Waals surface area contributed by atoms with E-state index < -0.39 is 29.8 Å². The Bertz CT molecular complexity index is 958. The fourth-order valence-electron chi connectivity index (χ4n) is 5.18. The molecule has 1 saturated carbocycles. The van der Waals surface area contributed by atoms with Crippen LogP contribution in [0.25, 0.3) is 0 Å². The average Bonchev–Trinajstić information content (AvgIpc) is 2.86. The van der Waals surface area contributed by atoms with Gasteiger partial charge in [0.25, 0.3) is 5.91 Å². The maximum atomic E-state index is 13.3. The minimum absolute atomic E-state index is 0.0129. The van der Waals surface area contributed by atoms with Crippen molar-refractivity contribution in [1.82, 2.24) is 20.5 Å². The lowest BCUT2D eigenvalue weighted by molar-refractivity contribution is -0.143. The van der Waals surface area contributed by atoms with Gasteiger partial charge >= 0.3 is 5.97 Å². The summed E-state index contributed by atoms with van der Waals surface area (Å²) in [7, 11) is 0. The molecule has 4 rings (SSSR count). The van der Waals surface area contributed by atoms with Crippen molar-refractivity contribution in [1.29, 1.82) is 0 Å². The van der Waals surface area contributed by atoms with Crippen LogP contribution >= 0.6 is 0 Å². The number of fused-ring (bicyclic) bond motifs is 1. The number of alkyl halides is 2. The van der Waals surface area contributed by atoms with E-state index in [1.165, 1.54) is 0 Å². The number of carbonyl (C=O) groups is 3. The smallest absolute Gasteiger partial charge is 0.326 e. The molecule has 2 fully saturated rings. The molecule has 3 heterocycles. The summed E-state index contributed by atoms with van der Waals surface area (Å²) in [5.41, 5.74) is 1.52. The third kappa shape index (κ3) is 6.89. The Kier molecular flexibility index (Phi) is 8.38. The van der Waals surface area contributed by atoms with Crippen molar-refractivity contribution in [3.05, 3.63) is 23.4 Å². The number of anilines is 1. The highest BCUT2D eigenvalue weighted by molar-refractivity contribution is 5.93. The molecule has 0 bridgehead atoms. The number of nitrogens with one attached hydrogen (secondary N) is 3. The van der Waals surface area contributed by atoms with Gasteiger partial charge in [-0.1, -0.05) is 6.07 Å². The molecule has 4 N–H and O–H groups in total. The molecule has 11 heteroatoms. The molecule has 1 unspecified atom stereocenters. The molecule has 1 aromatic heterocycles. The minimum atomic E-state index is -2.73. The van der Waals surface area contributed by atoms with Crippen molar-refractivity contribution in [3.63, 3.8) is 0 Å². The molecule has 0 spiro atoms. The van der Waals surface area contributed by atoms with Crippen LogP contribution in [-0.2, 0) is 16.0 Å². The maximum absolute atomic E-state index is 13.3. The zero-order valence-electron chi connectivity index (χ0n) is 20.4. The molecule has 0 aromatic carbocycles. The van der Waals surface area contributed by atoms with Crippen LogP contribution < -0.4 is 16.0 Å². The number of hydrogen-bond acceptors (Lipinski definition) is 6. The quantitative estimate of drug-likeness (QED) is 0.426. The summed E-state index contributed by atoms with van der Waals surface area (Å²) in [6.07, 6.45) is 3.17. The molecule has 36 heavy (non-hydrogen) atoms. The van der Waals surface area contributed by atoms with E-state index in [0.29, 0.717) is 25.3 Å². The van der Waals surface area contributed by atoms with Crippen LogP contribution in [0.2, 0.25) is 0 Å². The lowest BCUT2D eigenvalue weighted by Crippen LogP contribution is -2.48. The van der Waals surface area contributed by atoms with Crippen LogP contribution in [0.1, 0.15) is 67.4 Å². The van der Waals surface area contributed by atoms with Gasteiger partial charge in [-0.15, -0.1) is 0 Å². The first-order valence-corrected chi connectivity index (χ1v) is 12.9. The fourth-order valence-corrected chi connectivity index (χ4v) is 5.18. The summed E-state index contributed by atoms with van der Waals surface area (Å²) in [6, 6.07) is 2.67. The zero-order chi connectivity index (χ0) is 25.7. The van der Waals surface area contributed by atoms with E-state index in [0.717, 1.165) is 43.6 Å². The third-order valence-electron chi connectivity index (χ3n) is 7.49. The summed E-state index contributed by atoms with van der Waals surface area (Å²) in [5, 5.41) is 18.4. The SMILES string of the molecule is O=C(NC1CCN(CCC(NC(=O)C2CCC(F)(F)CC2)C(=O)O)CC1)c1ccc2c(n1)NCCC2. The topological polar surface area (TPSA) is 124 Å². The van der Waals surface area contributed by atoms with E-state index >= 15 is 0 Å². The molecule has 2 aliphatic heterocycles. The Balaban J connectivity index is 1.19. The molecule has 3 aliphatic rings. The molecule has 1 saturated heterocycles. The molecule has 198 valence electrons. The molecule has 1 aliphatic carbocycles. The molecule has 1 atom stereocenters. The Morgan fingerprint density at radius 2 is 1.89 bits per heavy atom. The van der Waals surface area contributed by atoms with Crippen molar-refractivity contribution in [2.45, 2.75) is 75.8 Å². The second-order valence-electron chi connectivity index (χ2n) is 10.1. The standard InChI is InChI=1S/C25H35F2N5O4/c26-25(27)10-5-17(6-11-25)22(33)31-20(24(35)36)9-15-32-13-7-18(8-14-32)29-23(34)19-4-3-16-2-1-12-28-21(16)30-19/h3-4,17-18,20H,1-2,5-15H2,(H,28,30)(H,29,34)(H,31,33)(H,35,36). The zero-order valence-corrected chi connectivity index (χ0v) is 20.4. The number of likely N-dealkylation sites (tertiary alicyclic amines) is 1. The number of halogens is 2. The summed E-state index contributed by atoms with van der Waals surface area (Å²) in [4.78, 5) is 43.4. The second-order valence-corrected chi connectivity index (χ2v) is 10.1. The molecule has 1 aromatic rings. The van der Waals surface area contributed by atoms with Gasteiger partial charge in [-0.05, 0) is 56.6 Å². The van der Waals surface area contributed by atoms with Crippen LogP contribution in [0.15, 0.2) is 12.1 Å². The number of aromatic nitrogens is 1. The Morgan fingerprint density at radius 3 is 2.58 bits per heavy atom. The molecular weight excluding hydrogens is 472 g/mol. The van der Waals surface area contributed by atoms with Crippen molar-refractivity contribution >= 4 is 23.6 Å². The number of hydrogen-bond donors (Lipinski definition) is 4. The van der Waals surface area contributed by atoms with Crippen LogP contribution in [-0.4, -0.2) is 77.0 Å². The van der Waals surface area contributed by atoms with Gasteiger partial charge in [0, 0.05) is 51.0 Å². The largest absolute Gasteiger partial charge is 0.480 e. The highest BCUT2D eigenvalue weighted by Gasteiger charge is 2.38. The predicted octanol–water partition coefficient (Wildman–Crippen LogP) is 2.42. The van der Waals surface area contributed by atoms with Gasteiger partial charge in [-0.2, -0.15) is 0 Å². The van der Waals surface area contributed by atoms with Gasteiger partial charge < -0.3 is 26.0 Å². The van der Waals surface area contributed by atoms with E-state index in [1.807, 2.05) is 6.07 Å². The maximum Gasteiger partial charge on any atom is 0.326 e. The first-order valence-electron chi connectivity index (χ1n) is 12.9. The first kappa shape index (κ1) is 26.2. The lowest BCUT2D eigenvalue weighted by Gasteiger charge is -2.33. The highest BCUT2D eigenvalue weighted by atomic mass is 19.3. The predicted molar refractivity (Wildman–Crippen MR) is 129 cm³/mol. The van der Waals surface area contributed by atoms with Gasteiger partial charge in [0.05, 0.1) is 0 Å². The van der Waals surface area contributed by atoms with Crippen LogP contribution in [0, 0.1) is 5.92 Å². The second kappa shape index (κ2) is 11.5. The Hall–Kier alpha value is -2.82. The number of piperidine rings is 1. The number of carboxylic acids is 1. The van der Waals surface area contributed by atoms with Gasteiger partial charge in [0.1, 0.15) is 17.6 Å². The van der Waals surface area contributed by atoms with E-state index in [9.17, 15) is 28.3 Å². The average molecular weight is 508 g/mol. The lowest BCUT2D eigenvalue weighted by atomic mass is 9.86. The summed E-state index contributed by atoms with van der Waals surface area (Å²) >= 11 is 0. The van der Waals surface area contributed by atoms with Gasteiger partial charge in [0.2, 0.25) is 11.8 Å². The summed E-state index contributed by atoms with van der Waals surface area (Å²) < 4.78 is 26.7. The molecular formula is C25H35F2N5O4. The van der Waals surface area contributed by atoms with E-state index in [1.54, 1.807) is 6.07 Å². The van der Waals surface area contributed by atoms with Gasteiger partial charge in [-0.3, -0.25) is 9.59 Å². The number of rotatable bonds is 8.